The molecule has 1 aromatic rings. The van der Waals surface area contributed by atoms with Gasteiger partial charge in [-0.05, 0) is 31.0 Å². The second kappa shape index (κ2) is 7.03. The van der Waals surface area contributed by atoms with Gasteiger partial charge in [0.25, 0.3) is 0 Å². The molecule has 4 nitrogen and oxygen atoms in total. The Morgan fingerprint density at radius 2 is 2.05 bits per heavy atom. The Morgan fingerprint density at radius 3 is 2.71 bits per heavy atom. The summed E-state index contributed by atoms with van der Waals surface area (Å²) in [6.07, 6.45) is 3.89. The van der Waals surface area contributed by atoms with Gasteiger partial charge in [-0.1, -0.05) is 24.7 Å². The van der Waals surface area contributed by atoms with Gasteiger partial charge in [0, 0.05) is 18.0 Å². The summed E-state index contributed by atoms with van der Waals surface area (Å²) in [5.74, 6) is 4.70. The molecule has 0 atom stereocenters. The second-order valence-corrected chi connectivity index (χ2v) is 6.70. The summed E-state index contributed by atoms with van der Waals surface area (Å²) >= 11 is 0. The van der Waals surface area contributed by atoms with Gasteiger partial charge >= 0.3 is 0 Å². The molecule has 0 aromatic heterocycles. The summed E-state index contributed by atoms with van der Waals surface area (Å²) < 4.78 is 40.8. The third kappa shape index (κ3) is 4.27. The molecule has 2 N–H and O–H groups in total. The molecule has 1 saturated carbocycles. The highest BCUT2D eigenvalue weighted by Gasteiger charge is 2.24. The van der Waals surface area contributed by atoms with Gasteiger partial charge in [-0.15, -0.1) is 0 Å². The van der Waals surface area contributed by atoms with Crippen molar-refractivity contribution in [3.8, 4) is 11.8 Å². The predicted octanol–water partition coefficient (Wildman–Crippen LogP) is 1.78. The highest BCUT2D eigenvalue weighted by atomic mass is 32.2. The van der Waals surface area contributed by atoms with Gasteiger partial charge in [-0.3, -0.25) is 0 Å². The first-order valence-corrected chi connectivity index (χ1v) is 8.43. The number of hydrogen-bond donors (Lipinski definition) is 2. The molecular formula is C15H18FNO3S. The van der Waals surface area contributed by atoms with E-state index < -0.39 is 15.8 Å². The van der Waals surface area contributed by atoms with E-state index in [2.05, 4.69) is 16.6 Å². The topological polar surface area (TPSA) is 66.4 Å². The van der Waals surface area contributed by atoms with E-state index in [1.165, 1.54) is 6.07 Å². The van der Waals surface area contributed by atoms with Crippen LogP contribution in [0.1, 0.15) is 37.7 Å². The number of benzene rings is 1. The number of aliphatic hydroxyl groups is 1. The van der Waals surface area contributed by atoms with E-state index in [1.807, 2.05) is 0 Å². The van der Waals surface area contributed by atoms with Crippen LogP contribution in [0.4, 0.5) is 4.39 Å². The maximum atomic E-state index is 13.3. The highest BCUT2D eigenvalue weighted by Crippen LogP contribution is 2.22. The van der Waals surface area contributed by atoms with Gasteiger partial charge in [0.2, 0.25) is 10.0 Å². The third-order valence-electron chi connectivity index (χ3n) is 3.37. The molecule has 0 radical (unpaired) electrons. The molecule has 1 aromatic carbocycles. The molecule has 21 heavy (non-hydrogen) atoms. The van der Waals surface area contributed by atoms with Crippen LogP contribution in [0.15, 0.2) is 23.1 Å². The number of sulfonamides is 1. The fraction of sp³-hybridized carbons (Fsp3) is 0.467. The van der Waals surface area contributed by atoms with Gasteiger partial charge in [0.15, 0.2) is 0 Å². The summed E-state index contributed by atoms with van der Waals surface area (Å²) in [4.78, 5) is -0.0127. The van der Waals surface area contributed by atoms with Gasteiger partial charge in [-0.2, -0.15) is 0 Å². The standard InChI is InChI=1S/C15H18FNO3S/c16-13-8-9-15(12(11-13)5-3-4-10-18)21(19,20)17-14-6-1-2-7-14/h8-9,11,14,17-18H,1-2,4,6-7,10H2. The Balaban J connectivity index is 2.31. The summed E-state index contributed by atoms with van der Waals surface area (Å²) in [5, 5.41) is 8.71. The third-order valence-corrected chi connectivity index (χ3v) is 4.95. The Labute approximate surface area is 124 Å². The SMILES string of the molecule is O=S(=O)(NC1CCCC1)c1ccc(F)cc1C#CCCO. The molecule has 0 heterocycles. The Kier molecular flexibility index (Phi) is 5.34. The first-order valence-electron chi connectivity index (χ1n) is 6.94. The molecule has 1 fully saturated rings. The van der Waals surface area contributed by atoms with E-state index in [0.717, 1.165) is 37.8 Å². The predicted molar refractivity (Wildman–Crippen MR) is 77.6 cm³/mol. The molecule has 0 bridgehead atoms. The van der Waals surface area contributed by atoms with Crippen molar-refractivity contribution in [2.75, 3.05) is 6.61 Å². The smallest absolute Gasteiger partial charge is 0.242 e. The molecule has 0 saturated heterocycles. The summed E-state index contributed by atoms with van der Waals surface area (Å²) in [6.45, 7) is -0.120. The lowest BCUT2D eigenvalue weighted by Gasteiger charge is -2.13. The maximum absolute atomic E-state index is 13.3. The van der Waals surface area contributed by atoms with Crippen molar-refractivity contribution in [3.05, 3.63) is 29.6 Å². The number of hydrogen-bond acceptors (Lipinski definition) is 3. The van der Waals surface area contributed by atoms with Gasteiger partial charge < -0.3 is 5.11 Å². The summed E-state index contributed by atoms with van der Waals surface area (Å²) in [5.41, 5.74) is 0.119. The van der Waals surface area contributed by atoms with Crippen LogP contribution < -0.4 is 4.72 Å². The minimum Gasteiger partial charge on any atom is -0.395 e. The van der Waals surface area contributed by atoms with E-state index in [1.54, 1.807) is 0 Å². The summed E-state index contributed by atoms with van der Waals surface area (Å²) in [6, 6.07) is 3.39. The van der Waals surface area contributed by atoms with Crippen molar-refractivity contribution in [3.63, 3.8) is 0 Å². The minimum absolute atomic E-state index is 0.0127. The van der Waals surface area contributed by atoms with Crippen molar-refractivity contribution in [1.29, 1.82) is 0 Å². The van der Waals surface area contributed by atoms with Gasteiger partial charge in [-0.25, -0.2) is 17.5 Å². The molecule has 2 rings (SSSR count). The zero-order chi connectivity index (χ0) is 15.3. The highest BCUT2D eigenvalue weighted by molar-refractivity contribution is 7.89. The maximum Gasteiger partial charge on any atom is 0.242 e. The molecule has 0 amide bonds. The fourth-order valence-electron chi connectivity index (χ4n) is 2.37. The van der Waals surface area contributed by atoms with Gasteiger partial charge in [0.05, 0.1) is 11.5 Å². The molecule has 6 heteroatoms. The van der Waals surface area contributed by atoms with Crippen molar-refractivity contribution in [2.24, 2.45) is 0 Å². The van der Waals surface area contributed by atoms with E-state index in [-0.39, 0.29) is 29.5 Å². The quantitative estimate of drug-likeness (QED) is 0.833. The molecule has 114 valence electrons. The van der Waals surface area contributed by atoms with Crippen LogP contribution in [0, 0.1) is 17.7 Å². The fourth-order valence-corrected chi connectivity index (χ4v) is 3.82. The zero-order valence-electron chi connectivity index (χ0n) is 11.6. The molecule has 0 aliphatic heterocycles. The van der Waals surface area contributed by atoms with Crippen molar-refractivity contribution in [2.45, 2.75) is 43.0 Å². The van der Waals surface area contributed by atoms with Gasteiger partial charge in [0.1, 0.15) is 5.82 Å². The molecule has 0 unspecified atom stereocenters. The molecule has 1 aliphatic rings. The number of nitrogens with one attached hydrogen (secondary N) is 1. The Bertz CT molecular complexity index is 655. The average Bonchev–Trinajstić information content (AvgIpc) is 2.91. The lowest BCUT2D eigenvalue weighted by molar-refractivity contribution is 0.305. The second-order valence-electron chi connectivity index (χ2n) is 5.02. The zero-order valence-corrected chi connectivity index (χ0v) is 12.4. The number of halogens is 1. The number of aliphatic hydroxyl groups excluding tert-OH is 1. The minimum atomic E-state index is -3.71. The summed E-state index contributed by atoms with van der Waals surface area (Å²) in [7, 11) is -3.71. The van der Waals surface area contributed by atoms with Crippen molar-refractivity contribution >= 4 is 10.0 Å². The van der Waals surface area contributed by atoms with E-state index in [0.29, 0.717) is 0 Å². The number of rotatable bonds is 4. The molecule has 0 spiro atoms. The Morgan fingerprint density at radius 1 is 1.33 bits per heavy atom. The van der Waals surface area contributed by atoms with Crippen LogP contribution >= 0.6 is 0 Å². The van der Waals surface area contributed by atoms with Crippen LogP contribution in [0.5, 0.6) is 0 Å². The van der Waals surface area contributed by atoms with Crippen LogP contribution in [0.25, 0.3) is 0 Å². The molecular weight excluding hydrogens is 293 g/mol. The monoisotopic (exact) mass is 311 g/mol. The first-order chi connectivity index (χ1) is 10.0. The van der Waals surface area contributed by atoms with Crippen molar-refractivity contribution in [1.82, 2.24) is 4.72 Å². The van der Waals surface area contributed by atoms with Crippen molar-refractivity contribution < 1.29 is 17.9 Å². The largest absolute Gasteiger partial charge is 0.395 e. The lowest BCUT2D eigenvalue weighted by Crippen LogP contribution is -2.33. The first kappa shape index (κ1) is 16.0. The van der Waals surface area contributed by atoms with Crippen LogP contribution in [-0.4, -0.2) is 26.2 Å². The lowest BCUT2D eigenvalue weighted by atomic mass is 10.2. The van der Waals surface area contributed by atoms with E-state index in [9.17, 15) is 12.8 Å². The van der Waals surface area contributed by atoms with Crippen LogP contribution in [0.2, 0.25) is 0 Å². The average molecular weight is 311 g/mol. The van der Waals surface area contributed by atoms with E-state index >= 15 is 0 Å². The molecule has 1 aliphatic carbocycles. The van der Waals surface area contributed by atoms with Crippen LogP contribution in [0.3, 0.4) is 0 Å². The normalized spacial score (nSPS) is 15.7. The van der Waals surface area contributed by atoms with E-state index in [4.69, 9.17) is 5.11 Å². The van der Waals surface area contributed by atoms with Crippen LogP contribution in [-0.2, 0) is 10.0 Å². The Hall–Kier alpha value is -1.42.